The zero-order chi connectivity index (χ0) is 23.0. The van der Waals surface area contributed by atoms with Gasteiger partial charge in [-0.05, 0) is 55.3 Å². The molecule has 1 saturated heterocycles. The van der Waals surface area contributed by atoms with Gasteiger partial charge in [-0.2, -0.15) is 0 Å². The van der Waals surface area contributed by atoms with E-state index in [1.54, 1.807) is 30.3 Å². The first kappa shape index (κ1) is 20.7. The van der Waals surface area contributed by atoms with Crippen LogP contribution in [0.25, 0.3) is 17.4 Å². The van der Waals surface area contributed by atoms with E-state index in [2.05, 4.69) is 5.32 Å². The minimum Gasteiger partial charge on any atom is -0.457 e. The van der Waals surface area contributed by atoms with Crippen molar-refractivity contribution in [2.45, 2.75) is 13.8 Å². The van der Waals surface area contributed by atoms with Gasteiger partial charge >= 0.3 is 6.03 Å². The van der Waals surface area contributed by atoms with Crippen molar-refractivity contribution in [2.24, 2.45) is 0 Å². The Morgan fingerprint density at radius 1 is 1.00 bits per heavy atom. The van der Waals surface area contributed by atoms with Gasteiger partial charge in [0.05, 0.1) is 10.6 Å². The number of carbonyl (C=O) groups is 3. The minimum absolute atomic E-state index is 0.0943. The summed E-state index contributed by atoms with van der Waals surface area (Å²) in [6.07, 6.45) is 1.24. The number of nitrogens with one attached hydrogen (secondary N) is 1. The van der Waals surface area contributed by atoms with Crippen LogP contribution in [0.4, 0.5) is 16.2 Å². The van der Waals surface area contributed by atoms with Crippen molar-refractivity contribution in [2.75, 3.05) is 4.90 Å². The van der Waals surface area contributed by atoms with E-state index in [0.717, 1.165) is 16.0 Å². The van der Waals surface area contributed by atoms with Crippen molar-refractivity contribution in [3.05, 3.63) is 87.2 Å². The SMILES string of the molecule is Cc1ccc(N2C(=O)NC(=O)C(=Cc3ccc(-c4cccc([N+](=O)[O-])c4)o3)C2=O)cc1C. The Morgan fingerprint density at radius 3 is 2.50 bits per heavy atom. The fraction of sp³-hybridized carbons (Fsp3) is 0.0870. The maximum atomic E-state index is 13.0. The highest BCUT2D eigenvalue weighted by atomic mass is 16.6. The Labute approximate surface area is 182 Å². The Bertz CT molecular complexity index is 1320. The molecule has 0 atom stereocenters. The highest BCUT2D eigenvalue weighted by Gasteiger charge is 2.37. The summed E-state index contributed by atoms with van der Waals surface area (Å²) in [4.78, 5) is 49.1. The largest absolute Gasteiger partial charge is 0.457 e. The Morgan fingerprint density at radius 2 is 1.78 bits per heavy atom. The van der Waals surface area contributed by atoms with Crippen molar-refractivity contribution >= 4 is 35.3 Å². The summed E-state index contributed by atoms with van der Waals surface area (Å²) in [6.45, 7) is 3.76. The molecule has 9 nitrogen and oxygen atoms in total. The molecule has 1 N–H and O–H groups in total. The molecule has 2 aromatic carbocycles. The molecule has 1 aromatic heterocycles. The van der Waals surface area contributed by atoms with Crippen molar-refractivity contribution in [1.82, 2.24) is 5.32 Å². The minimum atomic E-state index is -0.839. The molecule has 160 valence electrons. The molecule has 0 aliphatic carbocycles. The number of non-ortho nitro benzene ring substituents is 1. The zero-order valence-electron chi connectivity index (χ0n) is 17.1. The van der Waals surface area contributed by atoms with Gasteiger partial charge in [-0.3, -0.25) is 25.0 Å². The van der Waals surface area contributed by atoms with Crippen LogP contribution >= 0.6 is 0 Å². The number of furan rings is 1. The lowest BCUT2D eigenvalue weighted by Gasteiger charge is -2.26. The fourth-order valence-corrected chi connectivity index (χ4v) is 3.26. The number of amides is 4. The van der Waals surface area contributed by atoms with E-state index in [-0.39, 0.29) is 17.0 Å². The maximum Gasteiger partial charge on any atom is 0.335 e. The van der Waals surface area contributed by atoms with Gasteiger partial charge in [-0.1, -0.05) is 18.2 Å². The number of rotatable bonds is 4. The molecule has 0 saturated carbocycles. The van der Waals surface area contributed by atoms with Crippen LogP contribution < -0.4 is 10.2 Å². The summed E-state index contributed by atoms with van der Waals surface area (Å²) in [5, 5.41) is 13.2. The number of imide groups is 2. The fourth-order valence-electron chi connectivity index (χ4n) is 3.26. The third-order valence-electron chi connectivity index (χ3n) is 5.11. The number of nitro groups is 1. The summed E-state index contributed by atoms with van der Waals surface area (Å²) in [5.41, 5.74) is 2.32. The monoisotopic (exact) mass is 431 g/mol. The first-order valence-corrected chi connectivity index (χ1v) is 9.58. The van der Waals surface area contributed by atoms with Crippen LogP contribution in [0.3, 0.4) is 0 Å². The highest BCUT2D eigenvalue weighted by molar-refractivity contribution is 6.39. The third-order valence-corrected chi connectivity index (χ3v) is 5.11. The summed E-state index contributed by atoms with van der Waals surface area (Å²) >= 11 is 0. The zero-order valence-corrected chi connectivity index (χ0v) is 17.1. The summed E-state index contributed by atoms with van der Waals surface area (Å²) in [5.74, 6) is -1.12. The van der Waals surface area contributed by atoms with Gasteiger partial charge in [0.2, 0.25) is 0 Å². The van der Waals surface area contributed by atoms with E-state index in [0.29, 0.717) is 17.0 Å². The third kappa shape index (κ3) is 3.79. The Kier molecular flexibility index (Phi) is 5.15. The predicted molar refractivity (Wildman–Crippen MR) is 116 cm³/mol. The van der Waals surface area contributed by atoms with Crippen LogP contribution in [-0.2, 0) is 9.59 Å². The van der Waals surface area contributed by atoms with Gasteiger partial charge in [-0.25, -0.2) is 9.69 Å². The van der Waals surface area contributed by atoms with E-state index in [9.17, 15) is 24.5 Å². The molecule has 9 heteroatoms. The lowest BCUT2D eigenvalue weighted by molar-refractivity contribution is -0.384. The lowest BCUT2D eigenvalue weighted by Crippen LogP contribution is -2.54. The van der Waals surface area contributed by atoms with Gasteiger partial charge in [0.25, 0.3) is 17.5 Å². The van der Waals surface area contributed by atoms with E-state index < -0.39 is 22.8 Å². The topological polar surface area (TPSA) is 123 Å². The molecule has 4 rings (SSSR count). The summed E-state index contributed by atoms with van der Waals surface area (Å²) in [7, 11) is 0. The molecule has 1 aliphatic rings. The van der Waals surface area contributed by atoms with Crippen molar-refractivity contribution in [3.8, 4) is 11.3 Å². The molecule has 0 spiro atoms. The van der Waals surface area contributed by atoms with Crippen molar-refractivity contribution in [1.29, 1.82) is 0 Å². The smallest absolute Gasteiger partial charge is 0.335 e. The number of aryl methyl sites for hydroxylation is 2. The number of urea groups is 1. The number of barbiturate groups is 1. The molecule has 2 heterocycles. The van der Waals surface area contributed by atoms with Gasteiger partial charge in [0, 0.05) is 17.7 Å². The average Bonchev–Trinajstić information content (AvgIpc) is 3.22. The lowest BCUT2D eigenvalue weighted by atomic mass is 10.1. The number of hydrogen-bond acceptors (Lipinski definition) is 6. The highest BCUT2D eigenvalue weighted by Crippen LogP contribution is 2.28. The van der Waals surface area contributed by atoms with Crippen LogP contribution in [-0.4, -0.2) is 22.8 Å². The summed E-state index contributed by atoms with van der Waals surface area (Å²) in [6, 6.07) is 13.2. The first-order chi connectivity index (χ1) is 15.2. The molecule has 1 aliphatic heterocycles. The number of nitro benzene ring substituents is 1. The van der Waals surface area contributed by atoms with Gasteiger partial charge < -0.3 is 4.42 Å². The number of carbonyl (C=O) groups excluding carboxylic acids is 3. The second kappa shape index (κ2) is 7.95. The molecule has 32 heavy (non-hydrogen) atoms. The van der Waals surface area contributed by atoms with E-state index in [1.807, 2.05) is 13.8 Å². The van der Waals surface area contributed by atoms with Crippen LogP contribution in [0.2, 0.25) is 0 Å². The van der Waals surface area contributed by atoms with Crippen LogP contribution in [0, 0.1) is 24.0 Å². The molecule has 3 aromatic rings. The second-order valence-electron chi connectivity index (χ2n) is 7.24. The van der Waals surface area contributed by atoms with Crippen LogP contribution in [0.5, 0.6) is 0 Å². The first-order valence-electron chi connectivity index (χ1n) is 9.58. The van der Waals surface area contributed by atoms with Gasteiger partial charge in [0.1, 0.15) is 17.1 Å². The number of hydrogen-bond donors (Lipinski definition) is 1. The summed E-state index contributed by atoms with van der Waals surface area (Å²) < 4.78 is 5.67. The molecular formula is C23H17N3O6. The quantitative estimate of drug-likeness (QED) is 0.287. The molecule has 0 unspecified atom stereocenters. The molecule has 0 radical (unpaired) electrons. The number of anilines is 1. The molecular weight excluding hydrogens is 414 g/mol. The molecule has 0 bridgehead atoms. The Hall–Kier alpha value is -4.53. The molecule has 1 fully saturated rings. The van der Waals surface area contributed by atoms with Gasteiger partial charge in [-0.15, -0.1) is 0 Å². The predicted octanol–water partition coefficient (Wildman–Crippen LogP) is 4.14. The maximum absolute atomic E-state index is 13.0. The Balaban J connectivity index is 1.67. The van der Waals surface area contributed by atoms with E-state index in [1.165, 1.54) is 30.3 Å². The van der Waals surface area contributed by atoms with Crippen LogP contribution in [0.1, 0.15) is 16.9 Å². The van der Waals surface area contributed by atoms with E-state index >= 15 is 0 Å². The van der Waals surface area contributed by atoms with E-state index in [4.69, 9.17) is 4.42 Å². The number of benzene rings is 2. The number of nitrogens with zero attached hydrogens (tertiary/aromatic N) is 2. The van der Waals surface area contributed by atoms with Crippen molar-refractivity contribution in [3.63, 3.8) is 0 Å². The standard InChI is InChI=1S/C23H17N3O6/c1-13-6-7-16(10-14(13)2)25-22(28)19(21(27)24-23(25)29)12-18-8-9-20(32-18)15-4-3-5-17(11-15)26(30)31/h3-12H,1-2H3,(H,24,27,29). The van der Waals surface area contributed by atoms with Crippen LogP contribution in [0.15, 0.2) is 64.6 Å². The average molecular weight is 431 g/mol. The molecule has 4 amide bonds. The van der Waals surface area contributed by atoms with Gasteiger partial charge in [0.15, 0.2) is 0 Å². The second-order valence-corrected chi connectivity index (χ2v) is 7.24. The van der Waals surface area contributed by atoms with Crippen molar-refractivity contribution < 1.29 is 23.7 Å². The normalized spacial score (nSPS) is 15.2.